The molecule has 0 aromatic heterocycles. The maximum absolute atomic E-state index is 7.50. The highest BCUT2D eigenvalue weighted by atomic mass is 79.9. The Morgan fingerprint density at radius 1 is 1.12 bits per heavy atom. The Kier molecular flexibility index (Phi) is 3.66. The van der Waals surface area contributed by atoms with E-state index in [2.05, 4.69) is 45.0 Å². The van der Waals surface area contributed by atoms with Crippen molar-refractivity contribution in [1.29, 1.82) is 0 Å². The summed E-state index contributed by atoms with van der Waals surface area (Å²) in [6.07, 6.45) is 5.75. The van der Waals surface area contributed by atoms with Gasteiger partial charge < -0.3 is 4.85 Å². The molecule has 1 aromatic rings. The molecule has 1 nitrogen and oxygen atoms in total. The molecular formula is C14H16BrN. The first-order chi connectivity index (χ1) is 7.80. The molecule has 1 aliphatic carbocycles. The van der Waals surface area contributed by atoms with Crippen LogP contribution in [0.5, 0.6) is 0 Å². The van der Waals surface area contributed by atoms with Gasteiger partial charge in [-0.2, -0.15) is 0 Å². The topological polar surface area (TPSA) is 4.36 Å². The highest BCUT2D eigenvalue weighted by molar-refractivity contribution is 9.08. The third-order valence-corrected chi connectivity index (χ3v) is 4.19. The number of hydrogen-bond acceptors (Lipinski definition) is 0. The third kappa shape index (κ3) is 2.15. The fourth-order valence-electron chi connectivity index (χ4n) is 2.51. The fourth-order valence-corrected chi connectivity index (χ4v) is 2.88. The number of rotatable bonds is 2. The average molecular weight is 278 g/mol. The lowest BCUT2D eigenvalue weighted by molar-refractivity contribution is 0.354. The Morgan fingerprint density at radius 2 is 1.75 bits per heavy atom. The van der Waals surface area contributed by atoms with Gasteiger partial charge in [0.2, 0.25) is 0 Å². The normalized spacial score (nSPS) is 19.0. The van der Waals surface area contributed by atoms with E-state index in [1.165, 1.54) is 30.4 Å². The minimum atomic E-state index is -0.219. The number of benzene rings is 1. The lowest BCUT2D eigenvalue weighted by Crippen LogP contribution is -2.24. The summed E-state index contributed by atoms with van der Waals surface area (Å²) >= 11 is 3.45. The summed E-state index contributed by atoms with van der Waals surface area (Å²) in [7, 11) is 0. The average Bonchev–Trinajstić information content (AvgIpc) is 2.39. The zero-order chi connectivity index (χ0) is 11.4. The summed E-state index contributed by atoms with van der Waals surface area (Å²) in [5, 5.41) is 0.887. The molecule has 0 unspecified atom stereocenters. The number of alkyl halides is 1. The van der Waals surface area contributed by atoms with Crippen LogP contribution in [0.3, 0.4) is 0 Å². The van der Waals surface area contributed by atoms with E-state index in [0.717, 1.165) is 18.2 Å². The first-order valence-corrected chi connectivity index (χ1v) is 6.97. The Labute approximate surface area is 106 Å². The molecule has 0 radical (unpaired) electrons. The summed E-state index contributed by atoms with van der Waals surface area (Å²) in [5.74, 6) is 0. The van der Waals surface area contributed by atoms with Gasteiger partial charge in [0, 0.05) is 23.7 Å². The van der Waals surface area contributed by atoms with Gasteiger partial charge in [-0.1, -0.05) is 46.6 Å². The molecule has 1 fully saturated rings. The van der Waals surface area contributed by atoms with Gasteiger partial charge in [0.15, 0.2) is 0 Å². The molecule has 0 saturated heterocycles. The Morgan fingerprint density at radius 3 is 2.25 bits per heavy atom. The van der Waals surface area contributed by atoms with Gasteiger partial charge in [-0.25, -0.2) is 6.57 Å². The maximum Gasteiger partial charge on any atom is 0.257 e. The van der Waals surface area contributed by atoms with Crippen LogP contribution in [0.2, 0.25) is 0 Å². The molecular weight excluding hydrogens is 262 g/mol. The summed E-state index contributed by atoms with van der Waals surface area (Å²) in [6.45, 7) is 7.50. The molecule has 84 valence electrons. The second-order valence-electron chi connectivity index (χ2n) is 4.53. The first-order valence-electron chi connectivity index (χ1n) is 5.85. The van der Waals surface area contributed by atoms with Crippen LogP contribution < -0.4 is 0 Å². The summed E-state index contributed by atoms with van der Waals surface area (Å²) in [4.78, 5) is 3.94. The highest BCUT2D eigenvalue weighted by Gasteiger charge is 2.39. The molecule has 0 N–H and O–H groups in total. The van der Waals surface area contributed by atoms with Crippen LogP contribution in [0.1, 0.15) is 43.2 Å². The van der Waals surface area contributed by atoms with Gasteiger partial charge in [-0.15, -0.1) is 0 Å². The van der Waals surface area contributed by atoms with Crippen LogP contribution in [0.15, 0.2) is 24.3 Å². The van der Waals surface area contributed by atoms with Crippen molar-refractivity contribution in [3.8, 4) is 0 Å². The Bertz CT molecular complexity index is 382. The minimum absolute atomic E-state index is 0.219. The third-order valence-electron chi connectivity index (χ3n) is 3.54. The Hall–Kier alpha value is -0.810. The molecule has 2 heteroatoms. The zero-order valence-electron chi connectivity index (χ0n) is 9.38. The van der Waals surface area contributed by atoms with Crippen LogP contribution in [0.25, 0.3) is 4.85 Å². The molecule has 1 aliphatic rings. The standard InChI is InChI=1S/C14H16BrN/c1-16-14(9-3-2-4-10-14)13-7-5-12(11-15)6-8-13/h5-8H,2-4,9-11H2. The van der Waals surface area contributed by atoms with E-state index in [9.17, 15) is 0 Å². The molecule has 1 saturated carbocycles. The lowest BCUT2D eigenvalue weighted by Gasteiger charge is -2.26. The number of hydrogen-bond donors (Lipinski definition) is 0. The molecule has 2 rings (SSSR count). The summed E-state index contributed by atoms with van der Waals surface area (Å²) < 4.78 is 0. The molecule has 0 bridgehead atoms. The van der Waals surface area contributed by atoms with E-state index in [1.807, 2.05) is 0 Å². The van der Waals surface area contributed by atoms with Crippen LogP contribution in [-0.4, -0.2) is 0 Å². The van der Waals surface area contributed by atoms with Crippen molar-refractivity contribution in [3.63, 3.8) is 0 Å². The lowest BCUT2D eigenvalue weighted by atomic mass is 9.77. The van der Waals surface area contributed by atoms with Crippen molar-refractivity contribution in [2.75, 3.05) is 0 Å². The van der Waals surface area contributed by atoms with E-state index in [-0.39, 0.29) is 5.54 Å². The maximum atomic E-state index is 7.50. The predicted octanol–water partition coefficient (Wildman–Crippen LogP) is 4.66. The molecule has 0 aliphatic heterocycles. The van der Waals surface area contributed by atoms with Crippen molar-refractivity contribution in [3.05, 3.63) is 46.8 Å². The molecule has 0 amide bonds. The fraction of sp³-hybridized carbons (Fsp3) is 0.500. The van der Waals surface area contributed by atoms with Gasteiger partial charge in [0.05, 0.1) is 0 Å². The van der Waals surface area contributed by atoms with E-state index in [4.69, 9.17) is 6.57 Å². The highest BCUT2D eigenvalue weighted by Crippen LogP contribution is 2.40. The van der Waals surface area contributed by atoms with E-state index in [1.54, 1.807) is 0 Å². The SMILES string of the molecule is [C-]#[N+]C1(c2ccc(CBr)cc2)CCCCC1. The summed E-state index contributed by atoms with van der Waals surface area (Å²) in [6, 6.07) is 8.54. The van der Waals surface area contributed by atoms with Crippen molar-refractivity contribution in [2.45, 2.75) is 43.0 Å². The van der Waals surface area contributed by atoms with Crippen LogP contribution in [0.4, 0.5) is 0 Å². The number of halogens is 1. The predicted molar refractivity (Wildman–Crippen MR) is 70.4 cm³/mol. The second kappa shape index (κ2) is 5.01. The van der Waals surface area contributed by atoms with E-state index < -0.39 is 0 Å². The van der Waals surface area contributed by atoms with Crippen molar-refractivity contribution in [2.24, 2.45) is 0 Å². The van der Waals surface area contributed by atoms with Gasteiger partial charge in [-0.3, -0.25) is 0 Å². The van der Waals surface area contributed by atoms with Crippen molar-refractivity contribution in [1.82, 2.24) is 0 Å². The first kappa shape index (κ1) is 11.7. The monoisotopic (exact) mass is 277 g/mol. The van der Waals surface area contributed by atoms with Crippen molar-refractivity contribution >= 4 is 15.9 Å². The molecule has 0 spiro atoms. The van der Waals surface area contributed by atoms with E-state index >= 15 is 0 Å². The van der Waals surface area contributed by atoms with Crippen LogP contribution in [-0.2, 0) is 10.9 Å². The number of nitrogens with zero attached hydrogens (tertiary/aromatic N) is 1. The van der Waals surface area contributed by atoms with E-state index in [0.29, 0.717) is 0 Å². The molecule has 0 heterocycles. The quantitative estimate of drug-likeness (QED) is 0.547. The van der Waals surface area contributed by atoms with Crippen LogP contribution in [0, 0.1) is 6.57 Å². The largest absolute Gasteiger partial charge is 0.305 e. The molecule has 0 atom stereocenters. The molecule has 1 aromatic carbocycles. The van der Waals surface area contributed by atoms with Crippen molar-refractivity contribution < 1.29 is 0 Å². The van der Waals surface area contributed by atoms with Crippen LogP contribution >= 0.6 is 15.9 Å². The van der Waals surface area contributed by atoms with Gasteiger partial charge in [0.1, 0.15) is 0 Å². The summed E-state index contributed by atoms with van der Waals surface area (Å²) in [5.41, 5.74) is 2.27. The smallest absolute Gasteiger partial charge is 0.257 e. The minimum Gasteiger partial charge on any atom is -0.305 e. The van der Waals surface area contributed by atoms with Gasteiger partial charge in [-0.05, 0) is 18.4 Å². The second-order valence-corrected chi connectivity index (χ2v) is 5.10. The zero-order valence-corrected chi connectivity index (χ0v) is 11.0. The molecule has 16 heavy (non-hydrogen) atoms. The van der Waals surface area contributed by atoms with Gasteiger partial charge >= 0.3 is 0 Å². The Balaban J connectivity index is 2.29. The van der Waals surface area contributed by atoms with Gasteiger partial charge in [0.25, 0.3) is 5.54 Å².